The van der Waals surface area contributed by atoms with Gasteiger partial charge in [-0.05, 0) is 6.07 Å². The number of anilines is 1. The number of amides is 1. The maximum Gasteiger partial charge on any atom is 0.307 e. The number of rotatable bonds is 3. The molecule has 0 bridgehead atoms. The fraction of sp³-hybridized carbons (Fsp3) is 0.400. The fourth-order valence-corrected chi connectivity index (χ4v) is 2.74. The summed E-state index contributed by atoms with van der Waals surface area (Å²) in [6.07, 6.45) is -0.402. The SMILES string of the molecule is COc1ccc(N2CC(S(=O)(=O)F)CC2=O)c(Cl)n1. The number of hydrogen-bond donors (Lipinski definition) is 0. The van der Waals surface area contributed by atoms with Crippen molar-refractivity contribution in [2.24, 2.45) is 0 Å². The third-order valence-corrected chi connectivity index (χ3v) is 4.18. The maximum atomic E-state index is 12.9. The molecule has 1 aliphatic heterocycles. The van der Waals surface area contributed by atoms with Gasteiger partial charge in [0.05, 0.1) is 12.8 Å². The van der Waals surface area contributed by atoms with Gasteiger partial charge >= 0.3 is 10.2 Å². The Morgan fingerprint density at radius 1 is 1.53 bits per heavy atom. The molecular weight excluding hydrogens is 299 g/mol. The predicted octanol–water partition coefficient (Wildman–Crippen LogP) is 1.15. The van der Waals surface area contributed by atoms with Gasteiger partial charge < -0.3 is 9.64 Å². The summed E-state index contributed by atoms with van der Waals surface area (Å²) in [5, 5.41) is -1.37. The molecule has 0 radical (unpaired) electrons. The summed E-state index contributed by atoms with van der Waals surface area (Å²) in [5.41, 5.74) is 0.235. The quantitative estimate of drug-likeness (QED) is 0.618. The van der Waals surface area contributed by atoms with Crippen LogP contribution in [0.1, 0.15) is 6.42 Å². The predicted molar refractivity (Wildman–Crippen MR) is 66.6 cm³/mol. The van der Waals surface area contributed by atoms with Crippen molar-refractivity contribution in [3.8, 4) is 5.88 Å². The van der Waals surface area contributed by atoms with Gasteiger partial charge in [0.2, 0.25) is 11.8 Å². The lowest BCUT2D eigenvalue weighted by atomic mass is 10.3. The Kier molecular flexibility index (Phi) is 3.64. The maximum absolute atomic E-state index is 12.9. The summed E-state index contributed by atoms with van der Waals surface area (Å²) in [6, 6.07) is 2.95. The second-order valence-electron chi connectivity index (χ2n) is 3.97. The second-order valence-corrected chi connectivity index (χ2v) is 5.95. The molecule has 1 aliphatic rings. The van der Waals surface area contributed by atoms with E-state index < -0.39 is 27.8 Å². The van der Waals surface area contributed by atoms with E-state index in [2.05, 4.69) is 4.98 Å². The lowest BCUT2D eigenvalue weighted by molar-refractivity contribution is -0.117. The first kappa shape index (κ1) is 14.0. The lowest BCUT2D eigenvalue weighted by Crippen LogP contribution is -2.27. The monoisotopic (exact) mass is 308 g/mol. The van der Waals surface area contributed by atoms with E-state index in [1.54, 1.807) is 0 Å². The number of ether oxygens (including phenoxy) is 1. The van der Waals surface area contributed by atoms with Crippen LogP contribution in [-0.4, -0.2) is 38.2 Å². The van der Waals surface area contributed by atoms with Crippen LogP contribution in [0, 0.1) is 0 Å². The van der Waals surface area contributed by atoms with E-state index >= 15 is 0 Å². The molecule has 1 aromatic rings. The third kappa shape index (κ3) is 2.79. The Balaban J connectivity index is 2.31. The number of carbonyl (C=O) groups excluding carboxylic acids is 1. The van der Waals surface area contributed by atoms with Gasteiger partial charge in [-0.25, -0.2) is 0 Å². The second kappa shape index (κ2) is 4.93. The van der Waals surface area contributed by atoms with Crippen molar-refractivity contribution in [2.75, 3.05) is 18.6 Å². The number of nitrogens with zero attached hydrogens (tertiary/aromatic N) is 2. The summed E-state index contributed by atoms with van der Waals surface area (Å²) in [7, 11) is -3.34. The van der Waals surface area contributed by atoms with E-state index in [4.69, 9.17) is 16.3 Å². The van der Waals surface area contributed by atoms with Crippen molar-refractivity contribution in [1.29, 1.82) is 0 Å². The van der Waals surface area contributed by atoms with E-state index in [1.807, 2.05) is 0 Å². The van der Waals surface area contributed by atoms with Crippen LogP contribution in [0.2, 0.25) is 5.15 Å². The topological polar surface area (TPSA) is 76.6 Å². The Labute approximate surface area is 114 Å². The number of aromatic nitrogens is 1. The molecule has 0 N–H and O–H groups in total. The molecule has 0 aromatic carbocycles. The molecule has 9 heteroatoms. The van der Waals surface area contributed by atoms with Gasteiger partial charge in [0.1, 0.15) is 5.25 Å². The van der Waals surface area contributed by atoms with Crippen LogP contribution in [0.25, 0.3) is 0 Å². The average molecular weight is 309 g/mol. The molecule has 2 rings (SSSR count). The van der Waals surface area contributed by atoms with Crippen LogP contribution in [0.5, 0.6) is 5.88 Å². The molecule has 1 saturated heterocycles. The van der Waals surface area contributed by atoms with Crippen molar-refractivity contribution in [3.63, 3.8) is 0 Å². The highest BCUT2D eigenvalue weighted by atomic mass is 35.5. The average Bonchev–Trinajstić information content (AvgIpc) is 2.71. The number of carbonyl (C=O) groups is 1. The van der Waals surface area contributed by atoms with E-state index in [0.717, 1.165) is 4.90 Å². The summed E-state index contributed by atoms with van der Waals surface area (Å²) >= 11 is 5.89. The molecule has 0 aliphatic carbocycles. The molecule has 19 heavy (non-hydrogen) atoms. The van der Waals surface area contributed by atoms with Crippen LogP contribution < -0.4 is 9.64 Å². The number of hydrogen-bond acceptors (Lipinski definition) is 5. The van der Waals surface area contributed by atoms with E-state index in [9.17, 15) is 17.1 Å². The number of halogens is 2. The molecule has 104 valence electrons. The summed E-state index contributed by atoms with van der Waals surface area (Å²) in [6.45, 7) is -0.272. The van der Waals surface area contributed by atoms with Gasteiger partial charge in [0.25, 0.3) is 0 Å². The van der Waals surface area contributed by atoms with E-state index in [0.29, 0.717) is 0 Å². The summed E-state index contributed by atoms with van der Waals surface area (Å²) in [5.74, 6) is -0.254. The zero-order valence-electron chi connectivity index (χ0n) is 9.84. The Morgan fingerprint density at radius 3 is 2.68 bits per heavy atom. The Hall–Kier alpha value is -1.41. The molecule has 1 amide bonds. The third-order valence-electron chi connectivity index (χ3n) is 2.79. The van der Waals surface area contributed by atoms with E-state index in [-0.39, 0.29) is 23.3 Å². The van der Waals surface area contributed by atoms with Crippen molar-refractivity contribution < 1.29 is 21.8 Å². The van der Waals surface area contributed by atoms with E-state index in [1.165, 1.54) is 19.2 Å². The minimum atomic E-state index is -4.75. The Morgan fingerprint density at radius 2 is 2.21 bits per heavy atom. The first-order valence-electron chi connectivity index (χ1n) is 5.27. The molecule has 0 spiro atoms. The largest absolute Gasteiger partial charge is 0.481 e. The highest BCUT2D eigenvalue weighted by Gasteiger charge is 2.39. The molecule has 0 saturated carbocycles. The van der Waals surface area contributed by atoms with Gasteiger partial charge in [-0.1, -0.05) is 11.6 Å². The van der Waals surface area contributed by atoms with Gasteiger partial charge in [-0.2, -0.15) is 13.4 Å². The highest BCUT2D eigenvalue weighted by Crippen LogP contribution is 2.31. The normalized spacial score (nSPS) is 19.8. The van der Waals surface area contributed by atoms with Gasteiger partial charge in [0, 0.05) is 19.0 Å². The van der Waals surface area contributed by atoms with Crippen LogP contribution in [0.15, 0.2) is 12.1 Å². The molecule has 1 aromatic heterocycles. The first-order chi connectivity index (χ1) is 8.82. The smallest absolute Gasteiger partial charge is 0.307 e. The van der Waals surface area contributed by atoms with Gasteiger partial charge in [0.15, 0.2) is 5.15 Å². The zero-order chi connectivity index (χ0) is 14.2. The van der Waals surface area contributed by atoms with Crippen molar-refractivity contribution in [2.45, 2.75) is 11.7 Å². The molecule has 1 atom stereocenters. The first-order valence-corrected chi connectivity index (χ1v) is 7.09. The number of pyridine rings is 1. The summed E-state index contributed by atoms with van der Waals surface area (Å²) < 4.78 is 39.4. The molecule has 6 nitrogen and oxygen atoms in total. The molecule has 2 heterocycles. The van der Waals surface area contributed by atoms with Crippen LogP contribution in [-0.2, 0) is 15.0 Å². The molecule has 1 unspecified atom stereocenters. The molecular formula is C10H10ClFN2O4S. The highest BCUT2D eigenvalue weighted by molar-refractivity contribution is 7.87. The fourth-order valence-electron chi connectivity index (χ4n) is 1.82. The van der Waals surface area contributed by atoms with Crippen molar-refractivity contribution >= 4 is 33.4 Å². The zero-order valence-corrected chi connectivity index (χ0v) is 11.4. The van der Waals surface area contributed by atoms with Crippen LogP contribution in [0.3, 0.4) is 0 Å². The van der Waals surface area contributed by atoms with Crippen molar-refractivity contribution in [1.82, 2.24) is 4.98 Å². The summed E-state index contributed by atoms with van der Waals surface area (Å²) in [4.78, 5) is 16.7. The van der Waals surface area contributed by atoms with Crippen molar-refractivity contribution in [3.05, 3.63) is 17.3 Å². The Bertz CT molecular complexity index is 622. The van der Waals surface area contributed by atoms with Gasteiger partial charge in [-0.15, -0.1) is 3.89 Å². The molecule has 1 fully saturated rings. The van der Waals surface area contributed by atoms with Crippen LogP contribution in [0.4, 0.5) is 9.57 Å². The standard InChI is InChI=1S/C10H10ClFN2O4S/c1-18-8-3-2-7(10(11)13-8)14-5-6(4-9(14)15)19(12,16)17/h2-3,6H,4-5H2,1H3. The minimum absolute atomic E-state index is 0.00962. The lowest BCUT2D eigenvalue weighted by Gasteiger charge is -2.17. The minimum Gasteiger partial charge on any atom is -0.481 e. The number of methoxy groups -OCH3 is 1. The van der Waals surface area contributed by atoms with Crippen LogP contribution >= 0.6 is 11.6 Å². The van der Waals surface area contributed by atoms with Gasteiger partial charge in [-0.3, -0.25) is 4.79 Å².